The molecule has 104 valence electrons. The van der Waals surface area contributed by atoms with Crippen LogP contribution in [0.15, 0.2) is 24.3 Å². The minimum absolute atomic E-state index is 0.0602. The van der Waals surface area contributed by atoms with Crippen LogP contribution in [0.5, 0.6) is 5.75 Å². The predicted molar refractivity (Wildman–Crippen MR) is 81.6 cm³/mol. The fraction of sp³-hybridized carbons (Fsp3) is 0.286. The first-order valence-corrected chi connectivity index (χ1v) is 7.30. The lowest BCUT2D eigenvalue weighted by Gasteiger charge is -2.14. The van der Waals surface area contributed by atoms with Crippen LogP contribution in [-0.2, 0) is 0 Å². The number of nitriles is 1. The van der Waals surface area contributed by atoms with Gasteiger partial charge in [0.15, 0.2) is 10.3 Å². The van der Waals surface area contributed by atoms with Crippen molar-refractivity contribution in [3.8, 4) is 11.8 Å². The second-order valence-electron chi connectivity index (χ2n) is 4.42. The van der Waals surface area contributed by atoms with E-state index < -0.39 is 0 Å². The van der Waals surface area contributed by atoms with Crippen molar-refractivity contribution >= 4 is 28.1 Å². The van der Waals surface area contributed by atoms with Crippen molar-refractivity contribution in [3.05, 3.63) is 39.9 Å². The summed E-state index contributed by atoms with van der Waals surface area (Å²) in [6.45, 7) is 4.52. The third-order valence-electron chi connectivity index (χ3n) is 2.58. The number of aromatic nitrogens is 1. The van der Waals surface area contributed by atoms with Crippen molar-refractivity contribution < 1.29 is 4.74 Å². The Hall–Kier alpha value is -1.77. The molecule has 2 aromatic rings. The molecule has 20 heavy (non-hydrogen) atoms. The number of benzene rings is 1. The molecule has 0 bridgehead atoms. The monoisotopic (exact) mass is 307 g/mol. The molecule has 1 unspecified atom stereocenters. The second kappa shape index (κ2) is 6.60. The van der Waals surface area contributed by atoms with Crippen LogP contribution >= 0.6 is 22.9 Å². The molecule has 0 saturated heterocycles. The van der Waals surface area contributed by atoms with Gasteiger partial charge in [0, 0.05) is 0 Å². The van der Waals surface area contributed by atoms with Gasteiger partial charge in [-0.15, -0.1) is 0 Å². The Morgan fingerprint density at radius 3 is 2.75 bits per heavy atom. The molecule has 0 spiro atoms. The molecule has 0 fully saturated rings. The number of nitrogens with zero attached hydrogens (tertiary/aromatic N) is 2. The fourth-order valence-corrected chi connectivity index (χ4v) is 2.60. The minimum atomic E-state index is 0.0602. The molecular formula is C14H14ClN3OS. The normalized spacial score (nSPS) is 11.7. The number of thiazole rings is 1. The van der Waals surface area contributed by atoms with Crippen molar-refractivity contribution in [3.63, 3.8) is 0 Å². The lowest BCUT2D eigenvalue weighted by atomic mass is 10.2. The molecule has 1 N–H and O–H groups in total. The smallest absolute Gasteiger partial charge is 0.185 e. The zero-order valence-corrected chi connectivity index (χ0v) is 12.8. The molecule has 0 aliphatic heterocycles. The highest BCUT2D eigenvalue weighted by Gasteiger charge is 2.11. The van der Waals surface area contributed by atoms with Gasteiger partial charge in [0.25, 0.3) is 0 Å². The van der Waals surface area contributed by atoms with E-state index in [1.807, 2.05) is 44.2 Å². The van der Waals surface area contributed by atoms with Crippen molar-refractivity contribution in [2.75, 3.05) is 11.9 Å². The van der Waals surface area contributed by atoms with Gasteiger partial charge in [0.05, 0.1) is 6.04 Å². The van der Waals surface area contributed by atoms with Crippen LogP contribution < -0.4 is 10.1 Å². The fourth-order valence-electron chi connectivity index (χ4n) is 1.54. The van der Waals surface area contributed by atoms with E-state index in [0.29, 0.717) is 16.6 Å². The van der Waals surface area contributed by atoms with Crippen molar-refractivity contribution in [1.82, 2.24) is 4.98 Å². The highest BCUT2D eigenvalue weighted by Crippen LogP contribution is 2.26. The number of rotatable bonds is 5. The molecule has 1 aromatic carbocycles. The molecule has 0 radical (unpaired) electrons. The number of ether oxygens (including phenoxy) is 1. The molecule has 2 rings (SSSR count). The first-order valence-electron chi connectivity index (χ1n) is 6.11. The van der Waals surface area contributed by atoms with Gasteiger partial charge in [0.2, 0.25) is 0 Å². The zero-order valence-electron chi connectivity index (χ0n) is 11.2. The predicted octanol–water partition coefficient (Wildman–Crippen LogP) is 3.86. The Labute approximate surface area is 127 Å². The number of aryl methyl sites for hydroxylation is 1. The summed E-state index contributed by atoms with van der Waals surface area (Å²) < 4.78 is 5.67. The molecule has 0 amide bonds. The number of nitrogens with one attached hydrogen (secondary N) is 1. The van der Waals surface area contributed by atoms with Crippen LogP contribution in [0.4, 0.5) is 5.13 Å². The zero-order chi connectivity index (χ0) is 14.5. The average molecular weight is 308 g/mol. The molecule has 1 atom stereocenters. The standard InChI is InChI=1S/C14H14ClN3OS/c1-9-3-5-11(6-4-9)19-8-10(2)17-14-18-13(15)12(7-16)20-14/h3-6,10H,8H2,1-2H3,(H,17,18). The third-order valence-corrected chi connectivity index (χ3v) is 3.86. The van der Waals surface area contributed by atoms with Crippen LogP contribution in [0.3, 0.4) is 0 Å². The van der Waals surface area contributed by atoms with Crippen LogP contribution in [0.1, 0.15) is 17.4 Å². The summed E-state index contributed by atoms with van der Waals surface area (Å²) in [7, 11) is 0. The molecule has 6 heteroatoms. The van der Waals surface area contributed by atoms with Gasteiger partial charge in [0.1, 0.15) is 23.3 Å². The molecule has 4 nitrogen and oxygen atoms in total. The molecular weight excluding hydrogens is 294 g/mol. The summed E-state index contributed by atoms with van der Waals surface area (Å²) in [6.07, 6.45) is 0. The first kappa shape index (κ1) is 14.6. The molecule has 1 aromatic heterocycles. The number of anilines is 1. The average Bonchev–Trinajstić information content (AvgIpc) is 2.78. The lowest BCUT2D eigenvalue weighted by Crippen LogP contribution is -2.23. The van der Waals surface area contributed by atoms with E-state index in [1.54, 1.807) is 0 Å². The maximum absolute atomic E-state index is 8.82. The number of halogens is 1. The van der Waals surface area contributed by atoms with Crippen LogP contribution in [0.2, 0.25) is 5.15 Å². The molecule has 0 aliphatic carbocycles. The van der Waals surface area contributed by atoms with Gasteiger partial charge in [-0.3, -0.25) is 0 Å². The maximum atomic E-state index is 8.82. The third kappa shape index (κ3) is 3.86. The summed E-state index contributed by atoms with van der Waals surface area (Å²) in [5.41, 5.74) is 1.20. The van der Waals surface area contributed by atoms with Gasteiger partial charge in [-0.1, -0.05) is 40.6 Å². The van der Waals surface area contributed by atoms with E-state index in [0.717, 1.165) is 5.75 Å². The van der Waals surface area contributed by atoms with Crippen molar-refractivity contribution in [2.45, 2.75) is 19.9 Å². The van der Waals surface area contributed by atoms with Gasteiger partial charge >= 0.3 is 0 Å². The summed E-state index contributed by atoms with van der Waals surface area (Å²) >= 11 is 7.06. The van der Waals surface area contributed by atoms with Gasteiger partial charge < -0.3 is 10.1 Å². The molecule has 0 saturated carbocycles. The number of hydrogen-bond donors (Lipinski definition) is 1. The van der Waals surface area contributed by atoms with Crippen LogP contribution in [0.25, 0.3) is 0 Å². The Bertz CT molecular complexity index is 618. The summed E-state index contributed by atoms with van der Waals surface area (Å²) in [5, 5.41) is 12.9. The van der Waals surface area contributed by atoms with E-state index in [9.17, 15) is 0 Å². The minimum Gasteiger partial charge on any atom is -0.491 e. The van der Waals surface area contributed by atoms with Crippen molar-refractivity contribution in [2.24, 2.45) is 0 Å². The van der Waals surface area contributed by atoms with E-state index in [4.69, 9.17) is 21.6 Å². The second-order valence-corrected chi connectivity index (χ2v) is 5.78. The Morgan fingerprint density at radius 2 is 2.15 bits per heavy atom. The van der Waals surface area contributed by atoms with E-state index in [1.165, 1.54) is 16.9 Å². The largest absolute Gasteiger partial charge is 0.491 e. The van der Waals surface area contributed by atoms with E-state index in [2.05, 4.69) is 10.3 Å². The van der Waals surface area contributed by atoms with Crippen LogP contribution in [0, 0.1) is 18.3 Å². The van der Waals surface area contributed by atoms with E-state index >= 15 is 0 Å². The van der Waals surface area contributed by atoms with E-state index in [-0.39, 0.29) is 11.2 Å². The Morgan fingerprint density at radius 1 is 1.45 bits per heavy atom. The van der Waals surface area contributed by atoms with Crippen LogP contribution in [-0.4, -0.2) is 17.6 Å². The molecule has 0 aliphatic rings. The summed E-state index contributed by atoms with van der Waals surface area (Å²) in [6, 6.07) is 9.96. The SMILES string of the molecule is Cc1ccc(OCC(C)Nc2nc(Cl)c(C#N)s2)cc1. The van der Waals surface area contributed by atoms with Gasteiger partial charge in [-0.25, -0.2) is 4.98 Å². The number of hydrogen-bond acceptors (Lipinski definition) is 5. The summed E-state index contributed by atoms with van der Waals surface area (Å²) in [5.74, 6) is 0.833. The molecule has 1 heterocycles. The quantitative estimate of drug-likeness (QED) is 0.911. The lowest BCUT2D eigenvalue weighted by molar-refractivity contribution is 0.304. The Balaban J connectivity index is 1.87. The summed E-state index contributed by atoms with van der Waals surface area (Å²) in [4.78, 5) is 4.50. The Kier molecular flexibility index (Phi) is 4.83. The highest BCUT2D eigenvalue weighted by atomic mass is 35.5. The first-order chi connectivity index (χ1) is 9.58. The topological polar surface area (TPSA) is 57.9 Å². The van der Waals surface area contributed by atoms with Crippen molar-refractivity contribution in [1.29, 1.82) is 5.26 Å². The highest BCUT2D eigenvalue weighted by molar-refractivity contribution is 7.16. The van der Waals surface area contributed by atoms with Gasteiger partial charge in [-0.05, 0) is 26.0 Å². The maximum Gasteiger partial charge on any atom is 0.185 e. The van der Waals surface area contributed by atoms with Gasteiger partial charge in [-0.2, -0.15) is 5.26 Å².